The molecule has 0 heterocycles. The molecular weight excluding hydrogens is 360 g/mol. The van der Waals surface area contributed by atoms with E-state index in [0.717, 1.165) is 27.6 Å². The molecule has 4 aromatic rings. The monoisotopic (exact) mass is 380 g/mol. The second-order valence-electron chi connectivity index (χ2n) is 6.69. The lowest BCUT2D eigenvalue weighted by Gasteiger charge is -2.10. The Labute approximate surface area is 169 Å². The van der Waals surface area contributed by atoms with E-state index in [-0.39, 0.29) is 0 Å². The van der Waals surface area contributed by atoms with Gasteiger partial charge < -0.3 is 4.74 Å². The molecule has 0 aromatic heterocycles. The van der Waals surface area contributed by atoms with E-state index in [1.807, 2.05) is 79.7 Å². The fourth-order valence-corrected chi connectivity index (χ4v) is 3.12. The van der Waals surface area contributed by atoms with Gasteiger partial charge in [0.15, 0.2) is 0 Å². The molecule has 0 bridgehead atoms. The number of fused-ring (bicyclic) bond motifs is 1. The number of aryl methyl sites for hydroxylation is 1. The largest absolute Gasteiger partial charge is 0.422 e. The van der Waals surface area contributed by atoms with Crippen LogP contribution in [0.3, 0.4) is 0 Å². The third-order valence-corrected chi connectivity index (χ3v) is 4.55. The first-order valence-corrected chi connectivity index (χ1v) is 9.35. The van der Waals surface area contributed by atoms with Crippen molar-refractivity contribution in [2.75, 3.05) is 5.43 Å². The van der Waals surface area contributed by atoms with E-state index in [1.54, 1.807) is 24.4 Å². The van der Waals surface area contributed by atoms with Crippen LogP contribution in [0.25, 0.3) is 10.8 Å². The zero-order valence-electron chi connectivity index (χ0n) is 16.0. The summed E-state index contributed by atoms with van der Waals surface area (Å²) in [5.41, 5.74) is 6.32. The van der Waals surface area contributed by atoms with Gasteiger partial charge in [-0.15, -0.1) is 0 Å². The SMILES string of the molecule is Cc1cccc(N/N=C\c2c(OC(=O)c3ccccc3)ccc3ccccc23)c1. The number of anilines is 1. The lowest BCUT2D eigenvalue weighted by Crippen LogP contribution is -2.10. The molecular formula is C25H20N2O2. The number of hydrogen-bond acceptors (Lipinski definition) is 4. The highest BCUT2D eigenvalue weighted by molar-refractivity contribution is 6.04. The van der Waals surface area contributed by atoms with Crippen LogP contribution in [0.4, 0.5) is 5.69 Å². The molecule has 0 aliphatic carbocycles. The average Bonchev–Trinajstić information content (AvgIpc) is 2.75. The fourth-order valence-electron chi connectivity index (χ4n) is 3.12. The van der Waals surface area contributed by atoms with Gasteiger partial charge in [0.1, 0.15) is 5.75 Å². The Kier molecular flexibility index (Phi) is 5.34. The van der Waals surface area contributed by atoms with Gasteiger partial charge in [0.25, 0.3) is 0 Å². The lowest BCUT2D eigenvalue weighted by molar-refractivity contribution is 0.0735. The first-order chi connectivity index (χ1) is 14.2. The predicted octanol–water partition coefficient (Wildman–Crippen LogP) is 5.81. The van der Waals surface area contributed by atoms with Gasteiger partial charge >= 0.3 is 5.97 Å². The summed E-state index contributed by atoms with van der Waals surface area (Å²) in [6.07, 6.45) is 1.69. The Morgan fingerprint density at radius 3 is 2.52 bits per heavy atom. The molecule has 0 spiro atoms. The van der Waals surface area contributed by atoms with E-state index >= 15 is 0 Å². The maximum atomic E-state index is 12.6. The molecule has 0 fully saturated rings. The van der Waals surface area contributed by atoms with Crippen LogP contribution in [0.5, 0.6) is 5.75 Å². The highest BCUT2D eigenvalue weighted by Crippen LogP contribution is 2.27. The number of carbonyl (C=O) groups excluding carboxylic acids is 1. The van der Waals surface area contributed by atoms with Gasteiger partial charge in [-0.25, -0.2) is 4.79 Å². The summed E-state index contributed by atoms with van der Waals surface area (Å²) >= 11 is 0. The molecule has 0 aliphatic heterocycles. The number of rotatable bonds is 5. The number of ether oxygens (including phenoxy) is 1. The van der Waals surface area contributed by atoms with Crippen LogP contribution >= 0.6 is 0 Å². The Balaban J connectivity index is 1.67. The zero-order chi connectivity index (χ0) is 20.1. The minimum atomic E-state index is -0.401. The van der Waals surface area contributed by atoms with E-state index in [4.69, 9.17) is 4.74 Å². The summed E-state index contributed by atoms with van der Waals surface area (Å²) in [7, 11) is 0. The topological polar surface area (TPSA) is 50.7 Å². The maximum absolute atomic E-state index is 12.6. The molecule has 0 unspecified atom stereocenters. The fraction of sp³-hybridized carbons (Fsp3) is 0.0400. The molecule has 29 heavy (non-hydrogen) atoms. The van der Waals surface area contributed by atoms with Crippen molar-refractivity contribution in [1.82, 2.24) is 0 Å². The lowest BCUT2D eigenvalue weighted by atomic mass is 10.0. The highest BCUT2D eigenvalue weighted by atomic mass is 16.5. The van der Waals surface area contributed by atoms with E-state index in [9.17, 15) is 4.79 Å². The van der Waals surface area contributed by atoms with Crippen LogP contribution in [0.15, 0.2) is 96.1 Å². The Bertz CT molecular complexity index is 1180. The summed E-state index contributed by atoms with van der Waals surface area (Å²) in [5.74, 6) is 0.0644. The molecule has 0 atom stereocenters. The number of nitrogens with one attached hydrogen (secondary N) is 1. The molecule has 1 N–H and O–H groups in total. The van der Waals surface area contributed by atoms with Gasteiger partial charge in [-0.3, -0.25) is 5.43 Å². The first kappa shape index (κ1) is 18.4. The van der Waals surface area contributed by atoms with Crippen LogP contribution in [0.2, 0.25) is 0 Å². The predicted molar refractivity (Wildman–Crippen MR) is 118 cm³/mol. The van der Waals surface area contributed by atoms with Crippen LogP contribution in [0.1, 0.15) is 21.5 Å². The molecule has 0 saturated carbocycles. The second kappa shape index (κ2) is 8.40. The molecule has 4 heteroatoms. The summed E-state index contributed by atoms with van der Waals surface area (Å²) < 4.78 is 5.70. The van der Waals surface area contributed by atoms with Crippen molar-refractivity contribution in [3.8, 4) is 5.75 Å². The number of hydrogen-bond donors (Lipinski definition) is 1. The van der Waals surface area contributed by atoms with Crippen molar-refractivity contribution in [3.05, 3.63) is 108 Å². The molecule has 4 nitrogen and oxygen atoms in total. The number of carbonyl (C=O) groups is 1. The van der Waals surface area contributed by atoms with Gasteiger partial charge in [0.05, 0.1) is 17.5 Å². The minimum absolute atomic E-state index is 0.401. The zero-order valence-corrected chi connectivity index (χ0v) is 16.0. The average molecular weight is 380 g/mol. The van der Waals surface area contributed by atoms with E-state index < -0.39 is 5.97 Å². The highest BCUT2D eigenvalue weighted by Gasteiger charge is 2.13. The Hall–Kier alpha value is -3.92. The molecule has 142 valence electrons. The molecule has 4 rings (SSSR count). The van der Waals surface area contributed by atoms with Crippen LogP contribution in [-0.4, -0.2) is 12.2 Å². The summed E-state index contributed by atoms with van der Waals surface area (Å²) in [6, 6.07) is 28.6. The second-order valence-corrected chi connectivity index (χ2v) is 6.69. The minimum Gasteiger partial charge on any atom is -0.422 e. The summed E-state index contributed by atoms with van der Waals surface area (Å²) in [4.78, 5) is 12.6. The van der Waals surface area contributed by atoms with Crippen molar-refractivity contribution in [3.63, 3.8) is 0 Å². The van der Waals surface area contributed by atoms with Crippen molar-refractivity contribution in [2.24, 2.45) is 5.10 Å². The van der Waals surface area contributed by atoms with Gasteiger partial charge in [0, 0.05) is 5.56 Å². The van der Waals surface area contributed by atoms with Crippen molar-refractivity contribution in [1.29, 1.82) is 0 Å². The Morgan fingerprint density at radius 1 is 0.897 bits per heavy atom. The van der Waals surface area contributed by atoms with E-state index in [2.05, 4.69) is 10.5 Å². The van der Waals surface area contributed by atoms with Crippen LogP contribution in [-0.2, 0) is 0 Å². The number of benzene rings is 4. The Morgan fingerprint density at radius 2 is 1.69 bits per heavy atom. The van der Waals surface area contributed by atoms with Crippen molar-refractivity contribution in [2.45, 2.75) is 6.92 Å². The van der Waals surface area contributed by atoms with Gasteiger partial charge in [0.2, 0.25) is 0 Å². The van der Waals surface area contributed by atoms with Gasteiger partial charge in [-0.1, -0.05) is 60.7 Å². The van der Waals surface area contributed by atoms with E-state index in [0.29, 0.717) is 11.3 Å². The third-order valence-electron chi connectivity index (χ3n) is 4.55. The number of nitrogens with zero attached hydrogens (tertiary/aromatic N) is 1. The molecule has 0 aliphatic rings. The molecule has 0 radical (unpaired) electrons. The normalized spacial score (nSPS) is 10.9. The molecule has 0 amide bonds. The van der Waals surface area contributed by atoms with Crippen LogP contribution in [0, 0.1) is 6.92 Å². The summed E-state index contributed by atoms with van der Waals surface area (Å²) in [6.45, 7) is 2.03. The van der Waals surface area contributed by atoms with Gasteiger partial charge in [-0.05, 0) is 53.6 Å². The number of esters is 1. The quantitative estimate of drug-likeness (QED) is 0.206. The van der Waals surface area contributed by atoms with Crippen molar-refractivity contribution >= 4 is 28.6 Å². The van der Waals surface area contributed by atoms with Gasteiger partial charge in [-0.2, -0.15) is 5.10 Å². The summed E-state index contributed by atoms with van der Waals surface area (Å²) in [5, 5.41) is 6.38. The molecule has 0 saturated heterocycles. The van der Waals surface area contributed by atoms with Crippen LogP contribution < -0.4 is 10.2 Å². The standard InChI is InChI=1S/C25H20N2O2/c1-18-8-7-12-21(16-18)27-26-17-23-22-13-6-5-9-19(22)14-15-24(23)29-25(28)20-10-3-2-4-11-20/h2-17,27H,1H3/b26-17-. The number of hydrazone groups is 1. The first-order valence-electron chi connectivity index (χ1n) is 9.35. The van der Waals surface area contributed by atoms with Crippen molar-refractivity contribution < 1.29 is 9.53 Å². The van der Waals surface area contributed by atoms with E-state index in [1.165, 1.54) is 0 Å². The maximum Gasteiger partial charge on any atom is 0.343 e. The smallest absolute Gasteiger partial charge is 0.343 e. The third kappa shape index (κ3) is 4.33. The molecule has 4 aromatic carbocycles.